The fourth-order valence-electron chi connectivity index (χ4n) is 2.23. The molecule has 7 heteroatoms. The summed E-state index contributed by atoms with van der Waals surface area (Å²) in [6.45, 7) is 4.60. The summed E-state index contributed by atoms with van der Waals surface area (Å²) in [4.78, 5) is 16.4. The number of nitrogens with one attached hydrogen (secondary N) is 1. The number of anilines is 1. The zero-order chi connectivity index (χ0) is 17.5. The quantitative estimate of drug-likeness (QED) is 0.608. The lowest BCUT2D eigenvalue weighted by Crippen LogP contribution is -2.22. The van der Waals surface area contributed by atoms with Gasteiger partial charge in [0.1, 0.15) is 11.9 Å². The summed E-state index contributed by atoms with van der Waals surface area (Å²) in [5.74, 6) is 0.725. The molecule has 2 aromatic rings. The Hall–Kier alpha value is -1.18. The van der Waals surface area contributed by atoms with Gasteiger partial charge in [0.15, 0.2) is 5.13 Å². The van der Waals surface area contributed by atoms with E-state index in [4.69, 9.17) is 9.47 Å². The third-order valence-corrected chi connectivity index (χ3v) is 5.23. The Kier molecular flexibility index (Phi) is 7.45. The molecule has 2 unspecified atom stereocenters. The molecule has 2 rings (SSSR count). The fourth-order valence-corrected chi connectivity index (χ4v) is 3.57. The zero-order valence-electron chi connectivity index (χ0n) is 14.2. The van der Waals surface area contributed by atoms with Crippen LogP contribution in [0, 0.1) is 0 Å². The second-order valence-electron chi connectivity index (χ2n) is 5.63. The van der Waals surface area contributed by atoms with Gasteiger partial charge in [-0.1, -0.05) is 47.0 Å². The SMILES string of the molecule is CCCCC(Br)C(=O)Nc1nc2ccc(OC(C)COC)cc2s1. The van der Waals surface area contributed by atoms with Crippen LogP contribution in [-0.2, 0) is 9.53 Å². The molecule has 132 valence electrons. The van der Waals surface area contributed by atoms with Crippen LogP contribution in [0.2, 0.25) is 0 Å². The second kappa shape index (κ2) is 9.34. The number of thiazole rings is 1. The number of aromatic nitrogens is 1. The Morgan fingerprint density at radius 2 is 2.25 bits per heavy atom. The number of unbranched alkanes of at least 4 members (excludes halogenated alkanes) is 1. The van der Waals surface area contributed by atoms with Gasteiger partial charge in [-0.3, -0.25) is 4.79 Å². The molecule has 2 atom stereocenters. The van der Waals surface area contributed by atoms with Gasteiger partial charge in [0.2, 0.25) is 5.91 Å². The van der Waals surface area contributed by atoms with E-state index in [1.165, 1.54) is 11.3 Å². The number of benzene rings is 1. The Balaban J connectivity index is 2.04. The lowest BCUT2D eigenvalue weighted by molar-refractivity contribution is -0.115. The standard InChI is InChI=1S/C17H23BrN2O3S/c1-4-5-6-13(18)16(21)20-17-19-14-8-7-12(9-15(14)24-17)23-11(2)10-22-3/h7-9,11,13H,4-6,10H2,1-3H3,(H,19,20,21). The van der Waals surface area contributed by atoms with E-state index in [-0.39, 0.29) is 16.8 Å². The summed E-state index contributed by atoms with van der Waals surface area (Å²) in [6, 6.07) is 5.73. The number of fused-ring (bicyclic) bond motifs is 1. The Morgan fingerprint density at radius 1 is 1.46 bits per heavy atom. The number of methoxy groups -OCH3 is 1. The highest BCUT2D eigenvalue weighted by atomic mass is 79.9. The van der Waals surface area contributed by atoms with Gasteiger partial charge in [0, 0.05) is 7.11 Å². The third kappa shape index (κ3) is 5.43. The van der Waals surface area contributed by atoms with Crippen molar-refractivity contribution >= 4 is 48.5 Å². The first-order chi connectivity index (χ1) is 11.5. The van der Waals surface area contributed by atoms with Crippen molar-refractivity contribution in [3.05, 3.63) is 18.2 Å². The van der Waals surface area contributed by atoms with Crippen molar-refractivity contribution in [3.63, 3.8) is 0 Å². The molecule has 24 heavy (non-hydrogen) atoms. The maximum absolute atomic E-state index is 12.1. The van der Waals surface area contributed by atoms with Crippen molar-refractivity contribution in [1.29, 1.82) is 0 Å². The molecular formula is C17H23BrN2O3S. The molecule has 1 heterocycles. The van der Waals surface area contributed by atoms with Crippen molar-refractivity contribution in [3.8, 4) is 5.75 Å². The monoisotopic (exact) mass is 414 g/mol. The highest BCUT2D eigenvalue weighted by Gasteiger charge is 2.16. The van der Waals surface area contributed by atoms with E-state index in [9.17, 15) is 4.79 Å². The Morgan fingerprint density at radius 3 is 2.96 bits per heavy atom. The van der Waals surface area contributed by atoms with Crippen LogP contribution in [0.3, 0.4) is 0 Å². The van der Waals surface area contributed by atoms with Crippen LogP contribution in [0.4, 0.5) is 5.13 Å². The van der Waals surface area contributed by atoms with Crippen molar-refractivity contribution in [2.24, 2.45) is 0 Å². The molecule has 5 nitrogen and oxygen atoms in total. The number of ether oxygens (including phenoxy) is 2. The minimum Gasteiger partial charge on any atom is -0.488 e. The second-order valence-corrected chi connectivity index (χ2v) is 7.77. The Labute approximate surface area is 154 Å². The third-order valence-electron chi connectivity index (χ3n) is 3.42. The van der Waals surface area contributed by atoms with Crippen molar-refractivity contribution in [2.45, 2.75) is 44.0 Å². The van der Waals surface area contributed by atoms with E-state index in [0.29, 0.717) is 11.7 Å². The van der Waals surface area contributed by atoms with Gasteiger partial charge in [-0.2, -0.15) is 0 Å². The van der Waals surface area contributed by atoms with Crippen molar-refractivity contribution in [1.82, 2.24) is 4.98 Å². The van der Waals surface area contributed by atoms with E-state index in [2.05, 4.69) is 33.2 Å². The van der Waals surface area contributed by atoms with E-state index < -0.39 is 0 Å². The molecule has 0 aliphatic rings. The predicted octanol–water partition coefficient (Wildman–Crippen LogP) is 4.60. The number of halogens is 1. The molecule has 0 aliphatic carbocycles. The number of hydrogen-bond acceptors (Lipinski definition) is 5. The van der Waals surface area contributed by atoms with Crippen LogP contribution < -0.4 is 10.1 Å². The van der Waals surface area contributed by atoms with Crippen LogP contribution >= 0.6 is 27.3 Å². The van der Waals surface area contributed by atoms with E-state index in [0.717, 1.165) is 35.2 Å². The summed E-state index contributed by atoms with van der Waals surface area (Å²) >= 11 is 4.88. The lowest BCUT2D eigenvalue weighted by Gasteiger charge is -2.13. The first-order valence-electron chi connectivity index (χ1n) is 8.04. The van der Waals surface area contributed by atoms with E-state index in [1.807, 2.05) is 25.1 Å². The first-order valence-corrected chi connectivity index (χ1v) is 9.77. The summed E-state index contributed by atoms with van der Waals surface area (Å²) in [7, 11) is 1.65. The smallest absolute Gasteiger partial charge is 0.239 e. The van der Waals surface area contributed by atoms with Crippen LogP contribution in [0.1, 0.15) is 33.1 Å². The van der Waals surface area contributed by atoms with Gasteiger partial charge in [-0.25, -0.2) is 4.98 Å². The number of carbonyl (C=O) groups excluding carboxylic acids is 1. The number of amides is 1. The molecule has 0 aliphatic heterocycles. The van der Waals surface area contributed by atoms with Crippen LogP contribution in [-0.4, -0.2) is 35.5 Å². The number of alkyl halides is 1. The highest BCUT2D eigenvalue weighted by Crippen LogP contribution is 2.30. The average Bonchev–Trinajstić information content (AvgIpc) is 2.94. The fraction of sp³-hybridized carbons (Fsp3) is 0.529. The van der Waals surface area contributed by atoms with E-state index in [1.54, 1.807) is 7.11 Å². The molecule has 1 amide bonds. The van der Waals surface area contributed by atoms with Gasteiger partial charge in [-0.05, 0) is 31.5 Å². The van der Waals surface area contributed by atoms with Crippen molar-refractivity contribution in [2.75, 3.05) is 19.0 Å². The number of nitrogens with zero attached hydrogens (tertiary/aromatic N) is 1. The predicted molar refractivity (Wildman–Crippen MR) is 102 cm³/mol. The maximum atomic E-state index is 12.1. The van der Waals surface area contributed by atoms with E-state index >= 15 is 0 Å². The topological polar surface area (TPSA) is 60.5 Å². The van der Waals surface area contributed by atoms with Crippen molar-refractivity contribution < 1.29 is 14.3 Å². The van der Waals surface area contributed by atoms with Gasteiger partial charge in [0.05, 0.1) is 21.7 Å². The van der Waals surface area contributed by atoms with Gasteiger partial charge in [-0.15, -0.1) is 0 Å². The summed E-state index contributed by atoms with van der Waals surface area (Å²) in [5.41, 5.74) is 0.849. The molecule has 0 fully saturated rings. The lowest BCUT2D eigenvalue weighted by atomic mass is 10.2. The van der Waals surface area contributed by atoms with Gasteiger partial charge < -0.3 is 14.8 Å². The molecule has 1 N–H and O–H groups in total. The molecule has 0 radical (unpaired) electrons. The van der Waals surface area contributed by atoms with Crippen LogP contribution in [0.15, 0.2) is 18.2 Å². The number of carbonyl (C=O) groups is 1. The molecule has 0 saturated heterocycles. The van der Waals surface area contributed by atoms with Gasteiger partial charge in [0.25, 0.3) is 0 Å². The number of hydrogen-bond donors (Lipinski definition) is 1. The number of rotatable bonds is 9. The van der Waals surface area contributed by atoms with Crippen LogP contribution in [0.25, 0.3) is 10.2 Å². The minimum atomic E-state index is -0.182. The Bertz CT molecular complexity index is 677. The summed E-state index contributed by atoms with van der Waals surface area (Å²) in [5, 5.41) is 3.49. The van der Waals surface area contributed by atoms with Gasteiger partial charge >= 0.3 is 0 Å². The zero-order valence-corrected chi connectivity index (χ0v) is 16.6. The normalized spacial score (nSPS) is 13.7. The first kappa shape index (κ1) is 19.1. The summed E-state index contributed by atoms with van der Waals surface area (Å²) in [6.07, 6.45) is 2.89. The molecule has 1 aromatic heterocycles. The maximum Gasteiger partial charge on any atom is 0.239 e. The summed E-state index contributed by atoms with van der Waals surface area (Å²) < 4.78 is 11.8. The molecule has 0 bridgehead atoms. The average molecular weight is 415 g/mol. The molecule has 0 spiro atoms. The molecular weight excluding hydrogens is 392 g/mol. The highest BCUT2D eigenvalue weighted by molar-refractivity contribution is 9.10. The molecule has 1 aromatic carbocycles. The minimum absolute atomic E-state index is 0.0211. The molecule has 0 saturated carbocycles. The largest absolute Gasteiger partial charge is 0.488 e. The van der Waals surface area contributed by atoms with Crippen LogP contribution in [0.5, 0.6) is 5.75 Å².